The second-order valence-corrected chi connectivity index (χ2v) is 3.85. The lowest BCUT2D eigenvalue weighted by Gasteiger charge is -2.28. The van der Waals surface area contributed by atoms with Crippen molar-refractivity contribution >= 4 is 5.91 Å². The predicted molar refractivity (Wildman–Crippen MR) is 61.8 cm³/mol. The topological polar surface area (TPSA) is 46.3 Å². The van der Waals surface area contributed by atoms with Gasteiger partial charge in [-0.05, 0) is 31.4 Å². The molecule has 0 aromatic carbocycles. The van der Waals surface area contributed by atoms with Crippen LogP contribution < -0.4 is 5.73 Å². The van der Waals surface area contributed by atoms with Gasteiger partial charge in [0.25, 0.3) is 0 Å². The summed E-state index contributed by atoms with van der Waals surface area (Å²) in [5.74, 6) is 0.154. The lowest BCUT2D eigenvalue weighted by molar-refractivity contribution is -0.130. The lowest BCUT2D eigenvalue weighted by atomic mass is 10.1. The highest BCUT2D eigenvalue weighted by atomic mass is 16.2. The van der Waals surface area contributed by atoms with E-state index in [1.807, 2.05) is 6.92 Å². The van der Waals surface area contributed by atoms with Crippen molar-refractivity contribution in [3.8, 4) is 0 Å². The predicted octanol–water partition coefficient (Wildman–Crippen LogP) is 1.93. The summed E-state index contributed by atoms with van der Waals surface area (Å²) in [6.07, 6.45) is 4.39. The summed E-state index contributed by atoms with van der Waals surface area (Å²) in [6, 6.07) is 0. The van der Waals surface area contributed by atoms with E-state index >= 15 is 0 Å². The third-order valence-electron chi connectivity index (χ3n) is 2.51. The fraction of sp³-hybridized carbons (Fsp3) is 0.417. The van der Waals surface area contributed by atoms with E-state index in [2.05, 4.69) is 13.2 Å². The summed E-state index contributed by atoms with van der Waals surface area (Å²) in [5, 5.41) is 0. The summed E-state index contributed by atoms with van der Waals surface area (Å²) >= 11 is 0. The van der Waals surface area contributed by atoms with Gasteiger partial charge < -0.3 is 10.6 Å². The average Bonchev–Trinajstić information content (AvgIpc) is 2.16. The van der Waals surface area contributed by atoms with Gasteiger partial charge in [0, 0.05) is 24.4 Å². The number of hydrogen-bond donors (Lipinski definition) is 1. The van der Waals surface area contributed by atoms with Crippen LogP contribution in [0.25, 0.3) is 0 Å². The fourth-order valence-corrected chi connectivity index (χ4v) is 1.67. The zero-order valence-electron chi connectivity index (χ0n) is 9.25. The number of allylic oxidation sites excluding steroid dienone is 2. The first-order valence-corrected chi connectivity index (χ1v) is 5.14. The Hall–Kier alpha value is -1.51. The van der Waals surface area contributed by atoms with Crippen molar-refractivity contribution in [1.82, 2.24) is 4.90 Å². The molecule has 1 saturated heterocycles. The van der Waals surface area contributed by atoms with Crippen LogP contribution in [0.15, 0.2) is 36.2 Å². The number of nitrogens with two attached hydrogens (primary N) is 1. The van der Waals surface area contributed by atoms with Crippen LogP contribution in [-0.2, 0) is 4.79 Å². The average molecular weight is 206 g/mol. The standard InChI is InChI=1S/C12H18N2O/c1-9(8-10(2)13)11(3)14-7-5-4-6-12(14)15/h8H,2-7,13H2,1H3/b9-8-. The van der Waals surface area contributed by atoms with Crippen molar-refractivity contribution in [3.05, 3.63) is 36.2 Å². The van der Waals surface area contributed by atoms with E-state index in [1.165, 1.54) is 0 Å². The van der Waals surface area contributed by atoms with E-state index in [0.29, 0.717) is 12.1 Å². The Kier molecular flexibility index (Phi) is 3.72. The molecule has 1 amide bonds. The monoisotopic (exact) mass is 206 g/mol. The number of nitrogens with zero attached hydrogens (tertiary/aromatic N) is 1. The molecule has 0 spiro atoms. The van der Waals surface area contributed by atoms with Crippen LogP contribution in [-0.4, -0.2) is 17.4 Å². The molecule has 1 heterocycles. The number of piperidine rings is 1. The van der Waals surface area contributed by atoms with Gasteiger partial charge in [0.1, 0.15) is 0 Å². The van der Waals surface area contributed by atoms with E-state index in [1.54, 1.807) is 11.0 Å². The molecule has 1 aliphatic rings. The smallest absolute Gasteiger partial charge is 0.226 e. The summed E-state index contributed by atoms with van der Waals surface area (Å²) in [4.78, 5) is 13.3. The number of carbonyl (C=O) groups is 1. The van der Waals surface area contributed by atoms with Crippen molar-refractivity contribution in [2.24, 2.45) is 5.73 Å². The summed E-state index contributed by atoms with van der Waals surface area (Å²) in [5.41, 5.74) is 7.61. The summed E-state index contributed by atoms with van der Waals surface area (Å²) < 4.78 is 0. The molecule has 0 atom stereocenters. The number of hydrogen-bond acceptors (Lipinski definition) is 2. The highest BCUT2D eigenvalue weighted by molar-refractivity contribution is 5.79. The molecule has 0 radical (unpaired) electrons. The number of likely N-dealkylation sites (tertiary alicyclic amines) is 1. The molecule has 2 N–H and O–H groups in total. The zero-order valence-corrected chi connectivity index (χ0v) is 9.25. The molecule has 0 unspecified atom stereocenters. The molecule has 15 heavy (non-hydrogen) atoms. The van der Waals surface area contributed by atoms with Gasteiger partial charge in [0.05, 0.1) is 0 Å². The number of amides is 1. The quantitative estimate of drug-likeness (QED) is 0.717. The lowest BCUT2D eigenvalue weighted by Crippen LogP contribution is -2.34. The van der Waals surface area contributed by atoms with Gasteiger partial charge in [-0.25, -0.2) is 0 Å². The molecular weight excluding hydrogens is 188 g/mol. The minimum Gasteiger partial charge on any atom is -0.399 e. The molecule has 0 aliphatic carbocycles. The highest BCUT2D eigenvalue weighted by Crippen LogP contribution is 2.20. The fourth-order valence-electron chi connectivity index (χ4n) is 1.67. The molecule has 3 heteroatoms. The maximum absolute atomic E-state index is 11.6. The third-order valence-corrected chi connectivity index (χ3v) is 2.51. The first-order valence-electron chi connectivity index (χ1n) is 5.14. The molecule has 1 aliphatic heterocycles. The largest absolute Gasteiger partial charge is 0.399 e. The van der Waals surface area contributed by atoms with Crippen LogP contribution in [0.5, 0.6) is 0 Å². The Morgan fingerprint density at radius 1 is 1.47 bits per heavy atom. The van der Waals surface area contributed by atoms with Gasteiger partial charge in [-0.15, -0.1) is 0 Å². The molecular formula is C12H18N2O. The maximum atomic E-state index is 11.6. The summed E-state index contributed by atoms with van der Waals surface area (Å²) in [7, 11) is 0. The van der Waals surface area contributed by atoms with Crippen LogP contribution in [0.3, 0.4) is 0 Å². The Balaban J connectivity index is 2.75. The minimum absolute atomic E-state index is 0.154. The van der Waals surface area contributed by atoms with Crippen molar-refractivity contribution in [2.75, 3.05) is 6.54 Å². The molecule has 3 nitrogen and oxygen atoms in total. The Labute approximate surface area is 90.9 Å². The second-order valence-electron chi connectivity index (χ2n) is 3.85. The Bertz CT molecular complexity index is 329. The molecule has 1 fully saturated rings. The first-order chi connectivity index (χ1) is 7.02. The van der Waals surface area contributed by atoms with Crippen LogP contribution in [0, 0.1) is 0 Å². The van der Waals surface area contributed by atoms with Gasteiger partial charge in [-0.2, -0.15) is 0 Å². The Morgan fingerprint density at radius 3 is 2.67 bits per heavy atom. The van der Waals surface area contributed by atoms with Crippen molar-refractivity contribution < 1.29 is 4.79 Å². The van der Waals surface area contributed by atoms with Gasteiger partial charge in [0.15, 0.2) is 0 Å². The van der Waals surface area contributed by atoms with Gasteiger partial charge >= 0.3 is 0 Å². The van der Waals surface area contributed by atoms with E-state index in [4.69, 9.17) is 5.73 Å². The van der Waals surface area contributed by atoms with Crippen molar-refractivity contribution in [2.45, 2.75) is 26.2 Å². The summed E-state index contributed by atoms with van der Waals surface area (Å²) in [6.45, 7) is 10.2. The van der Waals surface area contributed by atoms with Gasteiger partial charge in [-0.1, -0.05) is 13.2 Å². The highest BCUT2D eigenvalue weighted by Gasteiger charge is 2.20. The normalized spacial score (nSPS) is 17.8. The van der Waals surface area contributed by atoms with E-state index in [-0.39, 0.29) is 5.91 Å². The van der Waals surface area contributed by atoms with Crippen LogP contribution in [0.1, 0.15) is 26.2 Å². The third kappa shape index (κ3) is 2.98. The van der Waals surface area contributed by atoms with Crippen molar-refractivity contribution in [1.29, 1.82) is 0 Å². The minimum atomic E-state index is 0.154. The molecule has 0 bridgehead atoms. The van der Waals surface area contributed by atoms with Crippen LogP contribution in [0.2, 0.25) is 0 Å². The number of rotatable bonds is 3. The van der Waals surface area contributed by atoms with Crippen LogP contribution >= 0.6 is 0 Å². The van der Waals surface area contributed by atoms with Gasteiger partial charge in [-0.3, -0.25) is 4.79 Å². The van der Waals surface area contributed by atoms with Crippen molar-refractivity contribution in [3.63, 3.8) is 0 Å². The van der Waals surface area contributed by atoms with Gasteiger partial charge in [0.2, 0.25) is 5.91 Å². The zero-order chi connectivity index (χ0) is 11.4. The SMILES string of the molecule is C=C(N)/C=C(/C)C(=C)N1CCCCC1=O. The molecule has 82 valence electrons. The van der Waals surface area contributed by atoms with E-state index < -0.39 is 0 Å². The second kappa shape index (κ2) is 4.82. The number of carbonyl (C=O) groups excluding carboxylic acids is 1. The molecule has 0 aromatic rings. The van der Waals surface area contributed by atoms with E-state index in [9.17, 15) is 4.79 Å². The molecule has 0 saturated carbocycles. The van der Waals surface area contributed by atoms with Crippen LogP contribution in [0.4, 0.5) is 0 Å². The molecule has 1 rings (SSSR count). The Morgan fingerprint density at radius 2 is 2.13 bits per heavy atom. The van der Waals surface area contributed by atoms with E-state index in [0.717, 1.165) is 30.7 Å². The maximum Gasteiger partial charge on any atom is 0.226 e. The first kappa shape index (κ1) is 11.6. The molecule has 0 aromatic heterocycles.